The average Bonchev–Trinajstić information content (AvgIpc) is 3.71. The summed E-state index contributed by atoms with van der Waals surface area (Å²) >= 11 is 0. The molecular weight excluding hydrogens is 665 g/mol. The van der Waals surface area contributed by atoms with Crippen LogP contribution in [0.25, 0.3) is 44.2 Å². The van der Waals surface area contributed by atoms with Gasteiger partial charge in [-0.25, -0.2) is 0 Å². The number of hydrogen-bond donors (Lipinski definition) is 0. The molecular formula is C54H34O. The Morgan fingerprint density at radius 1 is 0.273 bits per heavy atom. The molecule has 1 aliphatic heterocycles. The number of fused-ring (bicyclic) bond motifs is 13. The molecule has 12 rings (SSSR count). The summed E-state index contributed by atoms with van der Waals surface area (Å²) in [6.07, 6.45) is 0. The lowest BCUT2D eigenvalue weighted by Gasteiger charge is -2.39. The van der Waals surface area contributed by atoms with Crippen molar-refractivity contribution in [3.05, 3.63) is 251 Å². The van der Waals surface area contributed by atoms with Gasteiger partial charge in [-0.3, -0.25) is 0 Å². The summed E-state index contributed by atoms with van der Waals surface area (Å²) in [5, 5.41) is 2.51. The minimum Gasteiger partial charge on any atom is -0.457 e. The number of hydrogen-bond acceptors (Lipinski definition) is 1. The molecule has 0 atom stereocenters. The van der Waals surface area contributed by atoms with Crippen LogP contribution in [0.5, 0.6) is 11.5 Å². The van der Waals surface area contributed by atoms with E-state index in [4.69, 9.17) is 4.74 Å². The first-order valence-electron chi connectivity index (χ1n) is 19.2. The van der Waals surface area contributed by atoms with E-state index in [1.54, 1.807) is 0 Å². The SMILES string of the molecule is c1ccc(C2(c3ccccc3)c3cc(-c4ccc5c(c4)C4(c6ccccc6O5)c5ccccc5-c5ccccc54)ccc3-c3cc4ccccc4cc32)cc1. The van der Waals surface area contributed by atoms with Crippen LogP contribution in [-0.4, -0.2) is 0 Å². The Hall–Kier alpha value is -6.96. The largest absolute Gasteiger partial charge is 0.457 e. The van der Waals surface area contributed by atoms with Gasteiger partial charge in [-0.2, -0.15) is 0 Å². The molecule has 256 valence electrons. The normalized spacial score (nSPS) is 14.6. The number of benzene rings is 9. The highest BCUT2D eigenvalue weighted by Gasteiger charge is 2.51. The van der Waals surface area contributed by atoms with Gasteiger partial charge in [0.2, 0.25) is 0 Å². The van der Waals surface area contributed by atoms with Crippen LogP contribution >= 0.6 is 0 Å². The van der Waals surface area contributed by atoms with Crippen LogP contribution in [0.3, 0.4) is 0 Å². The molecule has 1 nitrogen and oxygen atoms in total. The van der Waals surface area contributed by atoms with Crippen molar-refractivity contribution in [1.82, 2.24) is 0 Å². The maximum Gasteiger partial charge on any atom is 0.132 e. The smallest absolute Gasteiger partial charge is 0.132 e. The first-order chi connectivity index (χ1) is 27.3. The Kier molecular flexibility index (Phi) is 6.25. The van der Waals surface area contributed by atoms with E-state index < -0.39 is 10.8 Å². The van der Waals surface area contributed by atoms with Gasteiger partial charge in [-0.05, 0) is 114 Å². The fourth-order valence-electron chi connectivity index (χ4n) is 10.4. The van der Waals surface area contributed by atoms with E-state index in [2.05, 4.69) is 206 Å². The van der Waals surface area contributed by atoms with Gasteiger partial charge in [-0.15, -0.1) is 0 Å². The molecule has 1 heterocycles. The predicted molar refractivity (Wildman–Crippen MR) is 224 cm³/mol. The van der Waals surface area contributed by atoms with Gasteiger partial charge in [-0.1, -0.05) is 170 Å². The van der Waals surface area contributed by atoms with Gasteiger partial charge in [0.1, 0.15) is 11.5 Å². The first kappa shape index (κ1) is 30.5. The lowest BCUT2D eigenvalue weighted by Crippen LogP contribution is -2.32. The third kappa shape index (κ3) is 3.97. The molecule has 0 unspecified atom stereocenters. The first-order valence-corrected chi connectivity index (χ1v) is 19.2. The summed E-state index contributed by atoms with van der Waals surface area (Å²) in [5.74, 6) is 1.81. The van der Waals surface area contributed by atoms with Gasteiger partial charge in [0.05, 0.1) is 10.8 Å². The van der Waals surface area contributed by atoms with E-state index in [1.165, 1.54) is 88.7 Å². The number of rotatable bonds is 3. The summed E-state index contributed by atoms with van der Waals surface area (Å²) in [7, 11) is 0. The Balaban J connectivity index is 1.14. The highest BCUT2D eigenvalue weighted by molar-refractivity contribution is 5.97. The zero-order valence-electron chi connectivity index (χ0n) is 30.0. The van der Waals surface area contributed by atoms with E-state index >= 15 is 0 Å². The molecule has 0 fully saturated rings. The standard InChI is InChI=1S/C54H34O/c1-3-17-39(18-4-1)53(40-19-5-2-6-20-40)48-33-37(27-29-43(48)44-31-35-15-7-8-16-36(35)32-49(44)53)38-28-30-52-50(34-38)54(47-25-13-14-26-51(47)55-52)45-23-11-9-21-41(45)42-22-10-12-24-46(42)54/h1-34H. The zero-order valence-corrected chi connectivity index (χ0v) is 30.0. The van der Waals surface area contributed by atoms with E-state index in [0.717, 1.165) is 11.5 Å². The van der Waals surface area contributed by atoms with Crippen molar-refractivity contribution in [2.45, 2.75) is 10.8 Å². The van der Waals surface area contributed by atoms with E-state index in [0.29, 0.717) is 0 Å². The van der Waals surface area contributed by atoms with Crippen molar-refractivity contribution in [3.8, 4) is 44.9 Å². The van der Waals surface area contributed by atoms with E-state index in [9.17, 15) is 0 Å². The highest BCUT2D eigenvalue weighted by Crippen LogP contribution is 2.63. The second-order valence-corrected chi connectivity index (χ2v) is 15.1. The molecule has 0 aromatic heterocycles. The van der Waals surface area contributed by atoms with Gasteiger partial charge in [0, 0.05) is 11.1 Å². The highest BCUT2D eigenvalue weighted by atomic mass is 16.5. The molecule has 9 aromatic carbocycles. The van der Waals surface area contributed by atoms with Gasteiger partial charge < -0.3 is 4.74 Å². The fraction of sp³-hybridized carbons (Fsp3) is 0.0370. The van der Waals surface area contributed by atoms with Crippen LogP contribution in [0.15, 0.2) is 206 Å². The lowest BCUT2D eigenvalue weighted by atomic mass is 9.65. The van der Waals surface area contributed by atoms with Crippen LogP contribution in [0, 0.1) is 0 Å². The quantitative estimate of drug-likeness (QED) is 0.178. The van der Waals surface area contributed by atoms with Crippen molar-refractivity contribution >= 4 is 10.8 Å². The fourth-order valence-corrected chi connectivity index (χ4v) is 10.4. The second-order valence-electron chi connectivity index (χ2n) is 15.1. The molecule has 3 aliphatic rings. The van der Waals surface area contributed by atoms with Crippen LogP contribution in [-0.2, 0) is 10.8 Å². The minimum atomic E-state index is -0.516. The molecule has 0 bridgehead atoms. The molecule has 1 heteroatoms. The van der Waals surface area contributed by atoms with Crippen LogP contribution in [0.2, 0.25) is 0 Å². The van der Waals surface area contributed by atoms with Crippen molar-refractivity contribution in [1.29, 1.82) is 0 Å². The molecule has 0 saturated carbocycles. The Morgan fingerprint density at radius 3 is 1.42 bits per heavy atom. The van der Waals surface area contributed by atoms with Crippen LogP contribution in [0.4, 0.5) is 0 Å². The van der Waals surface area contributed by atoms with Crippen molar-refractivity contribution in [3.63, 3.8) is 0 Å². The Bertz CT molecular complexity index is 2930. The molecule has 9 aromatic rings. The molecule has 0 radical (unpaired) electrons. The molecule has 2 aliphatic carbocycles. The summed E-state index contributed by atoms with van der Waals surface area (Å²) in [6.45, 7) is 0. The second kappa shape index (κ2) is 11.3. The summed E-state index contributed by atoms with van der Waals surface area (Å²) in [6, 6.07) is 76.3. The summed E-state index contributed by atoms with van der Waals surface area (Å²) < 4.78 is 6.79. The van der Waals surface area contributed by atoms with Gasteiger partial charge in [0.15, 0.2) is 0 Å². The van der Waals surface area contributed by atoms with Gasteiger partial charge >= 0.3 is 0 Å². The maximum absolute atomic E-state index is 6.79. The molecule has 0 saturated heterocycles. The Labute approximate surface area is 320 Å². The molecule has 55 heavy (non-hydrogen) atoms. The third-order valence-electron chi connectivity index (χ3n) is 12.6. The molecule has 0 amide bonds. The van der Waals surface area contributed by atoms with E-state index in [-0.39, 0.29) is 0 Å². The number of para-hydroxylation sites is 1. The average molecular weight is 699 g/mol. The molecule has 1 spiro atoms. The van der Waals surface area contributed by atoms with Crippen LogP contribution in [0.1, 0.15) is 44.5 Å². The zero-order chi connectivity index (χ0) is 36.1. The third-order valence-corrected chi connectivity index (χ3v) is 12.6. The van der Waals surface area contributed by atoms with Crippen molar-refractivity contribution in [2.24, 2.45) is 0 Å². The molecule has 0 N–H and O–H groups in total. The number of ether oxygens (including phenoxy) is 1. The van der Waals surface area contributed by atoms with Crippen LogP contribution < -0.4 is 4.74 Å². The summed E-state index contributed by atoms with van der Waals surface area (Å²) in [5.41, 5.74) is 16.6. The Morgan fingerprint density at radius 2 is 0.745 bits per heavy atom. The van der Waals surface area contributed by atoms with Crippen molar-refractivity contribution in [2.75, 3.05) is 0 Å². The topological polar surface area (TPSA) is 9.23 Å². The summed E-state index contributed by atoms with van der Waals surface area (Å²) in [4.78, 5) is 0. The monoisotopic (exact) mass is 698 g/mol. The van der Waals surface area contributed by atoms with E-state index in [1.807, 2.05) is 0 Å². The van der Waals surface area contributed by atoms with Gasteiger partial charge in [0.25, 0.3) is 0 Å². The predicted octanol–water partition coefficient (Wildman–Crippen LogP) is 13.3. The van der Waals surface area contributed by atoms with Crippen molar-refractivity contribution < 1.29 is 4.74 Å². The maximum atomic E-state index is 6.79. The minimum absolute atomic E-state index is 0.506. The lowest BCUT2D eigenvalue weighted by molar-refractivity contribution is 0.436.